The van der Waals surface area contributed by atoms with E-state index >= 15 is 0 Å². The second-order valence-electron chi connectivity index (χ2n) is 8.64. The lowest BCUT2D eigenvalue weighted by Gasteiger charge is -2.33. The van der Waals surface area contributed by atoms with Gasteiger partial charge in [0.2, 0.25) is 5.91 Å². The number of carbonyl (C=O) groups is 2. The van der Waals surface area contributed by atoms with Gasteiger partial charge in [-0.2, -0.15) is 0 Å². The zero-order chi connectivity index (χ0) is 19.9. The first-order chi connectivity index (χ1) is 13.5. The summed E-state index contributed by atoms with van der Waals surface area (Å²) in [5.74, 6) is 1.85. The van der Waals surface area contributed by atoms with E-state index in [1.807, 2.05) is 34.1 Å². The van der Waals surface area contributed by atoms with E-state index in [1.165, 1.54) is 6.42 Å². The van der Waals surface area contributed by atoms with Gasteiger partial charge < -0.3 is 14.5 Å². The summed E-state index contributed by atoms with van der Waals surface area (Å²) in [5.41, 5.74) is 0.705. The second-order valence-corrected chi connectivity index (χ2v) is 8.64. The third kappa shape index (κ3) is 5.73. The molecule has 2 aliphatic heterocycles. The molecule has 1 atom stereocenters. The minimum atomic E-state index is 0.105. The van der Waals surface area contributed by atoms with E-state index in [4.69, 9.17) is 4.74 Å². The van der Waals surface area contributed by atoms with Crippen LogP contribution in [0.3, 0.4) is 0 Å². The van der Waals surface area contributed by atoms with Gasteiger partial charge in [-0.05, 0) is 56.2 Å². The predicted octanol–water partition coefficient (Wildman–Crippen LogP) is 3.98. The summed E-state index contributed by atoms with van der Waals surface area (Å²) in [6.07, 6.45) is 6.13. The maximum atomic E-state index is 12.7. The van der Waals surface area contributed by atoms with Crippen molar-refractivity contribution in [3.63, 3.8) is 0 Å². The third-order valence-corrected chi connectivity index (χ3v) is 5.66. The van der Waals surface area contributed by atoms with E-state index < -0.39 is 0 Å². The molecule has 3 rings (SSSR count). The van der Waals surface area contributed by atoms with Gasteiger partial charge in [-0.3, -0.25) is 9.59 Å². The van der Waals surface area contributed by atoms with E-state index in [0.717, 1.165) is 57.6 Å². The Kier molecular flexibility index (Phi) is 7.35. The SMILES string of the molecule is CC(C)CC(=O)N1CCC[C@H](COc2cccc(C(=O)N3CCCCC3)c2)C1. The molecule has 0 aliphatic carbocycles. The maximum absolute atomic E-state index is 12.7. The Bertz CT molecular complexity index is 668. The first-order valence-corrected chi connectivity index (χ1v) is 10.8. The smallest absolute Gasteiger partial charge is 0.253 e. The number of nitrogens with zero attached hydrogens (tertiary/aromatic N) is 2. The van der Waals surface area contributed by atoms with Crippen LogP contribution in [0.25, 0.3) is 0 Å². The summed E-state index contributed by atoms with van der Waals surface area (Å²) in [4.78, 5) is 29.0. The zero-order valence-corrected chi connectivity index (χ0v) is 17.4. The molecule has 2 amide bonds. The summed E-state index contributed by atoms with van der Waals surface area (Å²) in [6, 6.07) is 7.54. The molecule has 0 saturated carbocycles. The molecule has 5 heteroatoms. The molecular weight excluding hydrogens is 352 g/mol. The topological polar surface area (TPSA) is 49.9 Å². The van der Waals surface area contributed by atoms with Gasteiger partial charge in [-0.25, -0.2) is 0 Å². The number of rotatable bonds is 6. The van der Waals surface area contributed by atoms with Crippen molar-refractivity contribution in [2.24, 2.45) is 11.8 Å². The average molecular weight is 387 g/mol. The minimum Gasteiger partial charge on any atom is -0.493 e. The van der Waals surface area contributed by atoms with Gasteiger partial charge in [-0.1, -0.05) is 19.9 Å². The molecule has 28 heavy (non-hydrogen) atoms. The van der Waals surface area contributed by atoms with Gasteiger partial charge in [0.05, 0.1) is 6.61 Å². The second kappa shape index (κ2) is 9.94. The molecule has 2 heterocycles. The Morgan fingerprint density at radius 2 is 1.82 bits per heavy atom. The van der Waals surface area contributed by atoms with E-state index in [1.54, 1.807) is 0 Å². The van der Waals surface area contributed by atoms with Crippen molar-refractivity contribution in [1.82, 2.24) is 9.80 Å². The van der Waals surface area contributed by atoms with Crippen LogP contribution in [0, 0.1) is 11.8 Å². The van der Waals surface area contributed by atoms with Crippen molar-refractivity contribution in [3.8, 4) is 5.75 Å². The largest absolute Gasteiger partial charge is 0.493 e. The van der Waals surface area contributed by atoms with Gasteiger partial charge in [0.25, 0.3) is 5.91 Å². The number of benzene rings is 1. The van der Waals surface area contributed by atoms with Gasteiger partial charge in [-0.15, -0.1) is 0 Å². The molecule has 1 aromatic rings. The summed E-state index contributed by atoms with van der Waals surface area (Å²) in [7, 11) is 0. The Hall–Kier alpha value is -2.04. The third-order valence-electron chi connectivity index (χ3n) is 5.66. The molecule has 0 unspecified atom stereocenters. The number of likely N-dealkylation sites (tertiary alicyclic amines) is 2. The van der Waals surface area contributed by atoms with Crippen molar-refractivity contribution < 1.29 is 14.3 Å². The number of piperidine rings is 2. The van der Waals surface area contributed by atoms with Crippen molar-refractivity contribution in [1.29, 1.82) is 0 Å². The summed E-state index contributed by atoms with van der Waals surface area (Å²) in [6.45, 7) is 8.10. The zero-order valence-electron chi connectivity index (χ0n) is 17.4. The van der Waals surface area contributed by atoms with Crippen molar-refractivity contribution in [2.75, 3.05) is 32.8 Å². The molecule has 0 radical (unpaired) electrons. The minimum absolute atomic E-state index is 0.105. The van der Waals surface area contributed by atoms with Crippen LogP contribution in [-0.4, -0.2) is 54.4 Å². The first kappa shape index (κ1) is 20.7. The fourth-order valence-corrected chi connectivity index (χ4v) is 4.12. The Labute approximate surface area is 169 Å². The first-order valence-electron chi connectivity index (χ1n) is 10.8. The molecule has 0 bridgehead atoms. The van der Waals surface area contributed by atoms with Crippen LogP contribution in [-0.2, 0) is 4.79 Å². The normalized spacial score (nSPS) is 20.3. The van der Waals surface area contributed by atoms with Crippen LogP contribution in [0.5, 0.6) is 5.75 Å². The lowest BCUT2D eigenvalue weighted by atomic mass is 9.98. The number of hydrogen-bond donors (Lipinski definition) is 0. The molecular formula is C23H34N2O3. The fraction of sp³-hybridized carbons (Fsp3) is 0.652. The van der Waals surface area contributed by atoms with Crippen molar-refractivity contribution in [2.45, 2.75) is 52.4 Å². The molecule has 2 fully saturated rings. The number of ether oxygens (including phenoxy) is 1. The Morgan fingerprint density at radius 3 is 2.57 bits per heavy atom. The van der Waals surface area contributed by atoms with Crippen LogP contribution in [0.2, 0.25) is 0 Å². The van der Waals surface area contributed by atoms with Gasteiger partial charge >= 0.3 is 0 Å². The summed E-state index contributed by atoms with van der Waals surface area (Å²) < 4.78 is 6.02. The number of amides is 2. The van der Waals surface area contributed by atoms with Crippen LogP contribution in [0.1, 0.15) is 62.7 Å². The van der Waals surface area contributed by atoms with Gasteiger partial charge in [0.15, 0.2) is 0 Å². The predicted molar refractivity (Wildman–Crippen MR) is 110 cm³/mol. The molecule has 0 spiro atoms. The average Bonchev–Trinajstić information content (AvgIpc) is 2.72. The highest BCUT2D eigenvalue weighted by atomic mass is 16.5. The maximum Gasteiger partial charge on any atom is 0.253 e. The molecule has 5 nitrogen and oxygen atoms in total. The lowest BCUT2D eigenvalue weighted by Crippen LogP contribution is -2.41. The van der Waals surface area contributed by atoms with Crippen molar-refractivity contribution in [3.05, 3.63) is 29.8 Å². The summed E-state index contributed by atoms with van der Waals surface area (Å²) >= 11 is 0. The van der Waals surface area contributed by atoms with Gasteiger partial charge in [0.1, 0.15) is 5.75 Å². The van der Waals surface area contributed by atoms with Crippen LogP contribution in [0.4, 0.5) is 0 Å². The van der Waals surface area contributed by atoms with E-state index in [-0.39, 0.29) is 11.8 Å². The summed E-state index contributed by atoms with van der Waals surface area (Å²) in [5, 5.41) is 0. The molecule has 0 aromatic heterocycles. The molecule has 2 aliphatic rings. The highest BCUT2D eigenvalue weighted by Gasteiger charge is 2.24. The van der Waals surface area contributed by atoms with Crippen LogP contribution in [0.15, 0.2) is 24.3 Å². The van der Waals surface area contributed by atoms with E-state index in [2.05, 4.69) is 13.8 Å². The number of hydrogen-bond acceptors (Lipinski definition) is 3. The highest BCUT2D eigenvalue weighted by molar-refractivity contribution is 5.94. The Morgan fingerprint density at radius 1 is 1.07 bits per heavy atom. The number of carbonyl (C=O) groups excluding carboxylic acids is 2. The van der Waals surface area contributed by atoms with Crippen molar-refractivity contribution >= 4 is 11.8 Å². The molecule has 2 saturated heterocycles. The molecule has 0 N–H and O–H groups in total. The van der Waals surface area contributed by atoms with E-state index in [0.29, 0.717) is 30.4 Å². The fourth-order valence-electron chi connectivity index (χ4n) is 4.12. The van der Waals surface area contributed by atoms with Gasteiger partial charge in [0, 0.05) is 44.1 Å². The molecule has 1 aromatic carbocycles. The van der Waals surface area contributed by atoms with Crippen LogP contribution >= 0.6 is 0 Å². The van der Waals surface area contributed by atoms with E-state index in [9.17, 15) is 9.59 Å². The van der Waals surface area contributed by atoms with Crippen LogP contribution < -0.4 is 4.74 Å². The quantitative estimate of drug-likeness (QED) is 0.743. The molecule has 154 valence electrons. The highest BCUT2D eigenvalue weighted by Crippen LogP contribution is 2.22. The monoisotopic (exact) mass is 386 g/mol. The lowest BCUT2D eigenvalue weighted by molar-refractivity contribution is -0.134. The standard InChI is InChI=1S/C23H34N2O3/c1-18(2)14-22(26)25-13-7-8-19(16-25)17-28-21-10-6-9-20(15-21)23(27)24-11-4-3-5-12-24/h6,9-10,15,18-19H,3-5,7-8,11-14,16-17H2,1-2H3/t19-/m0/s1. The Balaban J connectivity index is 1.53.